The molecule has 0 spiro atoms. The van der Waals surface area contributed by atoms with Gasteiger partial charge in [0.05, 0.1) is 18.7 Å². The van der Waals surface area contributed by atoms with Crippen LogP contribution in [-0.2, 0) is 17.8 Å². The molecule has 1 aromatic carbocycles. The highest BCUT2D eigenvalue weighted by Crippen LogP contribution is 2.23. The second kappa shape index (κ2) is 6.02. The van der Waals surface area contributed by atoms with Crippen molar-refractivity contribution in [3.63, 3.8) is 0 Å². The van der Waals surface area contributed by atoms with E-state index in [0.29, 0.717) is 13.0 Å². The molecule has 0 aliphatic carbocycles. The highest BCUT2D eigenvalue weighted by atomic mass is 16.1. The zero-order valence-corrected chi connectivity index (χ0v) is 12.8. The van der Waals surface area contributed by atoms with Crippen molar-refractivity contribution < 1.29 is 4.79 Å². The van der Waals surface area contributed by atoms with Gasteiger partial charge in [0, 0.05) is 22.8 Å². The molecule has 0 unspecified atom stereocenters. The van der Waals surface area contributed by atoms with Gasteiger partial charge < -0.3 is 10.3 Å². The van der Waals surface area contributed by atoms with Crippen molar-refractivity contribution in [3.8, 4) is 0 Å². The third-order valence-corrected chi connectivity index (χ3v) is 3.81. The summed E-state index contributed by atoms with van der Waals surface area (Å²) in [6.45, 7) is 4.53. The van der Waals surface area contributed by atoms with Gasteiger partial charge in [0.2, 0.25) is 5.91 Å². The monoisotopic (exact) mass is 293 g/mol. The SMILES string of the molecule is Cc1ccc2[nH]c(C)c(CC(=O)NCc3ccccn3)c2c1. The van der Waals surface area contributed by atoms with Crippen LogP contribution >= 0.6 is 0 Å². The number of carbonyl (C=O) groups is 1. The number of H-pyrrole nitrogens is 1. The minimum atomic E-state index is 0.0103. The highest BCUT2D eigenvalue weighted by Gasteiger charge is 2.12. The number of nitrogens with zero attached hydrogens (tertiary/aromatic N) is 1. The van der Waals surface area contributed by atoms with Gasteiger partial charge in [-0.15, -0.1) is 0 Å². The summed E-state index contributed by atoms with van der Waals surface area (Å²) in [6.07, 6.45) is 2.11. The Kier molecular flexibility index (Phi) is 3.92. The average Bonchev–Trinajstić information content (AvgIpc) is 2.82. The fraction of sp³-hybridized carbons (Fsp3) is 0.222. The number of fused-ring (bicyclic) bond motifs is 1. The molecule has 2 N–H and O–H groups in total. The number of benzene rings is 1. The molecule has 0 fully saturated rings. The summed E-state index contributed by atoms with van der Waals surface area (Å²) in [5.74, 6) is 0.0103. The maximum Gasteiger partial charge on any atom is 0.224 e. The van der Waals surface area contributed by atoms with Gasteiger partial charge in [-0.2, -0.15) is 0 Å². The van der Waals surface area contributed by atoms with Crippen molar-refractivity contribution in [2.75, 3.05) is 0 Å². The molecule has 4 heteroatoms. The van der Waals surface area contributed by atoms with E-state index >= 15 is 0 Å². The molecule has 4 nitrogen and oxygen atoms in total. The number of hydrogen-bond acceptors (Lipinski definition) is 2. The average molecular weight is 293 g/mol. The van der Waals surface area contributed by atoms with E-state index in [9.17, 15) is 4.79 Å². The van der Waals surface area contributed by atoms with Gasteiger partial charge in [-0.25, -0.2) is 0 Å². The van der Waals surface area contributed by atoms with Crippen LogP contribution in [0.25, 0.3) is 10.9 Å². The molecule has 1 amide bonds. The maximum atomic E-state index is 12.2. The fourth-order valence-electron chi connectivity index (χ4n) is 2.64. The first-order valence-electron chi connectivity index (χ1n) is 7.38. The number of hydrogen-bond donors (Lipinski definition) is 2. The summed E-state index contributed by atoms with van der Waals surface area (Å²) < 4.78 is 0. The van der Waals surface area contributed by atoms with Crippen LogP contribution in [0, 0.1) is 13.8 Å². The molecule has 112 valence electrons. The lowest BCUT2D eigenvalue weighted by atomic mass is 10.1. The molecule has 2 aromatic heterocycles. The van der Waals surface area contributed by atoms with E-state index in [4.69, 9.17) is 0 Å². The topological polar surface area (TPSA) is 57.8 Å². The van der Waals surface area contributed by atoms with E-state index in [1.165, 1.54) is 5.56 Å². The molecule has 22 heavy (non-hydrogen) atoms. The zero-order valence-electron chi connectivity index (χ0n) is 12.8. The normalized spacial score (nSPS) is 10.8. The summed E-state index contributed by atoms with van der Waals surface area (Å²) in [5.41, 5.74) is 5.26. The molecule has 0 radical (unpaired) electrons. The number of aryl methyl sites for hydroxylation is 2. The molecule has 2 heterocycles. The summed E-state index contributed by atoms with van der Waals surface area (Å²) >= 11 is 0. The molecular formula is C18H19N3O. The molecule has 0 saturated heterocycles. The van der Waals surface area contributed by atoms with Crippen molar-refractivity contribution in [1.82, 2.24) is 15.3 Å². The van der Waals surface area contributed by atoms with Crippen LogP contribution in [0.15, 0.2) is 42.6 Å². The van der Waals surface area contributed by atoms with Crippen LogP contribution < -0.4 is 5.32 Å². The first-order chi connectivity index (χ1) is 10.6. The van der Waals surface area contributed by atoms with E-state index in [1.807, 2.05) is 25.1 Å². The second-order valence-electron chi connectivity index (χ2n) is 5.55. The summed E-state index contributed by atoms with van der Waals surface area (Å²) in [4.78, 5) is 19.8. The molecule has 3 aromatic rings. The third kappa shape index (κ3) is 3.01. The van der Waals surface area contributed by atoms with Crippen LogP contribution in [0.4, 0.5) is 0 Å². The standard InChI is InChI=1S/C18H19N3O/c1-12-6-7-17-16(9-12)15(13(2)21-17)10-18(22)20-11-14-5-3-4-8-19-14/h3-9,21H,10-11H2,1-2H3,(H,20,22). The Balaban J connectivity index is 1.74. The van der Waals surface area contributed by atoms with Crippen LogP contribution in [0.3, 0.4) is 0 Å². The Morgan fingerprint density at radius 2 is 2.09 bits per heavy atom. The van der Waals surface area contributed by atoms with Crippen LogP contribution in [0.5, 0.6) is 0 Å². The van der Waals surface area contributed by atoms with Gasteiger partial charge in [0.1, 0.15) is 0 Å². The van der Waals surface area contributed by atoms with E-state index in [0.717, 1.165) is 27.9 Å². The van der Waals surface area contributed by atoms with Crippen LogP contribution in [0.1, 0.15) is 22.5 Å². The minimum absolute atomic E-state index is 0.0103. The number of rotatable bonds is 4. The van der Waals surface area contributed by atoms with Gasteiger partial charge in [0.25, 0.3) is 0 Å². The lowest BCUT2D eigenvalue weighted by molar-refractivity contribution is -0.120. The van der Waals surface area contributed by atoms with Crippen molar-refractivity contribution in [2.45, 2.75) is 26.8 Å². The van der Waals surface area contributed by atoms with Gasteiger partial charge in [-0.05, 0) is 43.7 Å². The number of aromatic nitrogens is 2. The van der Waals surface area contributed by atoms with Crippen molar-refractivity contribution in [1.29, 1.82) is 0 Å². The van der Waals surface area contributed by atoms with Crippen molar-refractivity contribution >= 4 is 16.8 Å². The number of amides is 1. The predicted molar refractivity (Wildman–Crippen MR) is 87.6 cm³/mol. The Bertz CT molecular complexity index is 806. The Labute approximate surface area is 129 Å². The quantitative estimate of drug-likeness (QED) is 0.777. The van der Waals surface area contributed by atoms with E-state index in [-0.39, 0.29) is 5.91 Å². The highest BCUT2D eigenvalue weighted by molar-refractivity contribution is 5.90. The lowest BCUT2D eigenvalue weighted by Crippen LogP contribution is -2.25. The molecular weight excluding hydrogens is 274 g/mol. The van der Waals surface area contributed by atoms with Gasteiger partial charge >= 0.3 is 0 Å². The Morgan fingerprint density at radius 1 is 1.23 bits per heavy atom. The van der Waals surface area contributed by atoms with Gasteiger partial charge in [0.15, 0.2) is 0 Å². The Morgan fingerprint density at radius 3 is 2.86 bits per heavy atom. The second-order valence-corrected chi connectivity index (χ2v) is 5.55. The number of carbonyl (C=O) groups excluding carboxylic acids is 1. The molecule has 0 atom stereocenters. The Hall–Kier alpha value is -2.62. The third-order valence-electron chi connectivity index (χ3n) is 3.81. The zero-order chi connectivity index (χ0) is 15.5. The number of aromatic amines is 1. The van der Waals surface area contributed by atoms with Crippen LogP contribution in [-0.4, -0.2) is 15.9 Å². The van der Waals surface area contributed by atoms with Crippen molar-refractivity contribution in [2.24, 2.45) is 0 Å². The molecule has 0 bridgehead atoms. The predicted octanol–water partition coefficient (Wildman–Crippen LogP) is 3.04. The van der Waals surface area contributed by atoms with E-state index in [1.54, 1.807) is 6.20 Å². The van der Waals surface area contributed by atoms with Crippen molar-refractivity contribution in [3.05, 3.63) is 65.1 Å². The van der Waals surface area contributed by atoms with E-state index < -0.39 is 0 Å². The summed E-state index contributed by atoms with van der Waals surface area (Å²) in [6, 6.07) is 11.9. The lowest BCUT2D eigenvalue weighted by Gasteiger charge is -2.05. The first-order valence-corrected chi connectivity index (χ1v) is 7.38. The van der Waals surface area contributed by atoms with Crippen LogP contribution in [0.2, 0.25) is 0 Å². The largest absolute Gasteiger partial charge is 0.358 e. The number of pyridine rings is 1. The number of nitrogens with one attached hydrogen (secondary N) is 2. The molecule has 0 aliphatic heterocycles. The van der Waals surface area contributed by atoms with E-state index in [2.05, 4.69) is 40.4 Å². The maximum absolute atomic E-state index is 12.2. The smallest absolute Gasteiger partial charge is 0.224 e. The van der Waals surface area contributed by atoms with Gasteiger partial charge in [-0.1, -0.05) is 17.7 Å². The van der Waals surface area contributed by atoms with Gasteiger partial charge in [-0.3, -0.25) is 9.78 Å². The first kappa shape index (κ1) is 14.3. The molecule has 0 saturated carbocycles. The summed E-state index contributed by atoms with van der Waals surface area (Å²) in [7, 11) is 0. The minimum Gasteiger partial charge on any atom is -0.358 e. The molecule has 3 rings (SSSR count). The fourth-order valence-corrected chi connectivity index (χ4v) is 2.64. The summed E-state index contributed by atoms with van der Waals surface area (Å²) in [5, 5.41) is 4.06. The molecule has 0 aliphatic rings.